The minimum absolute atomic E-state index is 0.187. The standard InChI is InChI=1S/C34H26BN3/c1-19-16-20(2)31(21(3)17-19)35-25-10-7-11-27-32(25)38-33-26(35)18-23-13-12-22-14-15-28(30(33)29(22)23)37(34(38)36-27)24-8-5-4-6-9-24/h4-11,14-18H,12-13H2,1-3H3. The van der Waals surface area contributed by atoms with Gasteiger partial charge in [0, 0.05) is 11.1 Å². The normalized spacial score (nSPS) is 13.9. The number of aromatic nitrogens is 3. The zero-order chi connectivity index (χ0) is 25.3. The summed E-state index contributed by atoms with van der Waals surface area (Å²) in [7, 11) is 0. The largest absolute Gasteiger partial charge is 0.280 e. The van der Waals surface area contributed by atoms with Crippen LogP contribution in [0.5, 0.6) is 0 Å². The molecular formula is C34H26BN3. The van der Waals surface area contributed by atoms with Crippen molar-refractivity contribution in [1.29, 1.82) is 0 Å². The van der Waals surface area contributed by atoms with Gasteiger partial charge in [0.25, 0.3) is 0 Å². The van der Waals surface area contributed by atoms with Gasteiger partial charge in [-0.15, -0.1) is 0 Å². The van der Waals surface area contributed by atoms with Crippen LogP contribution < -0.4 is 16.4 Å². The number of imidazole rings is 1. The van der Waals surface area contributed by atoms with Gasteiger partial charge in [0.1, 0.15) is 0 Å². The summed E-state index contributed by atoms with van der Waals surface area (Å²) in [5.74, 6) is 0.990. The molecule has 0 atom stereocenters. The Kier molecular flexibility index (Phi) is 3.79. The highest BCUT2D eigenvalue weighted by Crippen LogP contribution is 2.40. The topological polar surface area (TPSA) is 22.2 Å². The average molecular weight is 487 g/mol. The van der Waals surface area contributed by atoms with E-state index < -0.39 is 0 Å². The molecule has 0 N–H and O–H groups in total. The lowest BCUT2D eigenvalue weighted by atomic mass is 9.34. The zero-order valence-corrected chi connectivity index (χ0v) is 21.8. The minimum atomic E-state index is 0.187. The Balaban J connectivity index is 1.58. The number of aryl methyl sites for hydroxylation is 5. The molecule has 0 spiro atoms. The van der Waals surface area contributed by atoms with Crippen molar-refractivity contribution in [3.05, 3.63) is 107 Å². The van der Waals surface area contributed by atoms with Crippen LogP contribution in [0, 0.1) is 20.8 Å². The van der Waals surface area contributed by atoms with E-state index in [1.165, 1.54) is 71.5 Å². The fourth-order valence-corrected chi connectivity index (χ4v) is 7.84. The van der Waals surface area contributed by atoms with Crippen LogP contribution in [0.25, 0.3) is 44.3 Å². The van der Waals surface area contributed by atoms with Crippen molar-refractivity contribution in [3.8, 4) is 5.69 Å². The number of benzene rings is 5. The quantitative estimate of drug-likeness (QED) is 0.298. The van der Waals surface area contributed by atoms with E-state index in [1.54, 1.807) is 0 Å². The fraction of sp³-hybridized carbons (Fsp3) is 0.147. The van der Waals surface area contributed by atoms with Gasteiger partial charge in [-0.05, 0) is 85.3 Å². The summed E-state index contributed by atoms with van der Waals surface area (Å²) in [6.45, 7) is 6.98. The highest BCUT2D eigenvalue weighted by atomic mass is 15.2. The third-order valence-electron chi connectivity index (χ3n) is 9.11. The second-order valence-corrected chi connectivity index (χ2v) is 11.3. The second-order valence-electron chi connectivity index (χ2n) is 11.3. The Hall–Kier alpha value is -4.31. The maximum atomic E-state index is 5.33. The van der Waals surface area contributed by atoms with Crippen LogP contribution in [0.4, 0.5) is 0 Å². The predicted octanol–water partition coefficient (Wildman–Crippen LogP) is 5.44. The van der Waals surface area contributed by atoms with Crippen LogP contribution in [0.3, 0.4) is 0 Å². The summed E-state index contributed by atoms with van der Waals surface area (Å²) < 4.78 is 4.86. The molecule has 0 saturated carbocycles. The first-order chi connectivity index (χ1) is 18.6. The van der Waals surface area contributed by atoms with E-state index >= 15 is 0 Å². The lowest BCUT2D eigenvalue weighted by Gasteiger charge is -2.29. The average Bonchev–Trinajstić information content (AvgIpc) is 3.51. The molecule has 1 aliphatic heterocycles. The van der Waals surface area contributed by atoms with Crippen molar-refractivity contribution in [3.63, 3.8) is 0 Å². The molecule has 0 radical (unpaired) electrons. The maximum Gasteiger partial charge on any atom is 0.247 e. The van der Waals surface area contributed by atoms with Crippen molar-refractivity contribution in [1.82, 2.24) is 14.0 Å². The first kappa shape index (κ1) is 20.7. The van der Waals surface area contributed by atoms with Crippen molar-refractivity contribution >= 4 is 61.7 Å². The van der Waals surface area contributed by atoms with Gasteiger partial charge < -0.3 is 0 Å². The van der Waals surface area contributed by atoms with Crippen molar-refractivity contribution < 1.29 is 0 Å². The molecule has 2 aliphatic rings. The first-order valence-corrected chi connectivity index (χ1v) is 13.7. The van der Waals surface area contributed by atoms with E-state index in [9.17, 15) is 0 Å². The summed E-state index contributed by atoms with van der Waals surface area (Å²) in [5.41, 5.74) is 17.3. The first-order valence-electron chi connectivity index (χ1n) is 13.7. The molecule has 4 heteroatoms. The molecule has 0 unspecified atom stereocenters. The Bertz CT molecular complexity index is 2140. The summed E-state index contributed by atoms with van der Waals surface area (Å²) in [6.07, 6.45) is 2.23. The molecule has 3 nitrogen and oxygen atoms in total. The molecule has 0 saturated heterocycles. The van der Waals surface area contributed by atoms with E-state index in [2.05, 4.69) is 109 Å². The molecule has 0 fully saturated rings. The van der Waals surface area contributed by atoms with Gasteiger partial charge in [0.2, 0.25) is 12.5 Å². The van der Waals surface area contributed by atoms with Crippen LogP contribution in [-0.4, -0.2) is 20.7 Å². The molecular weight excluding hydrogens is 461 g/mol. The van der Waals surface area contributed by atoms with Crippen LogP contribution >= 0.6 is 0 Å². The van der Waals surface area contributed by atoms with Crippen LogP contribution in [-0.2, 0) is 12.8 Å². The highest BCUT2D eigenvalue weighted by molar-refractivity contribution is 6.99. The lowest BCUT2D eigenvalue weighted by Crippen LogP contribution is -2.56. The minimum Gasteiger partial charge on any atom is -0.280 e. The summed E-state index contributed by atoms with van der Waals surface area (Å²) >= 11 is 0. The lowest BCUT2D eigenvalue weighted by molar-refractivity contribution is 1.02. The zero-order valence-electron chi connectivity index (χ0n) is 21.8. The van der Waals surface area contributed by atoms with E-state index in [0.29, 0.717) is 0 Å². The number of para-hydroxylation sites is 2. The highest BCUT2D eigenvalue weighted by Gasteiger charge is 2.37. The van der Waals surface area contributed by atoms with Crippen LogP contribution in [0.2, 0.25) is 0 Å². The van der Waals surface area contributed by atoms with E-state index in [0.717, 1.165) is 29.8 Å². The van der Waals surface area contributed by atoms with Gasteiger partial charge in [-0.25, -0.2) is 4.98 Å². The summed E-state index contributed by atoms with van der Waals surface area (Å²) in [5, 5.41) is 2.86. The van der Waals surface area contributed by atoms with Crippen LogP contribution in [0.15, 0.2) is 78.9 Å². The third kappa shape index (κ3) is 2.39. The number of hydrogen-bond acceptors (Lipinski definition) is 1. The smallest absolute Gasteiger partial charge is 0.247 e. The van der Waals surface area contributed by atoms with Crippen molar-refractivity contribution in [2.24, 2.45) is 0 Å². The second kappa shape index (κ2) is 6.96. The van der Waals surface area contributed by atoms with E-state index in [1.807, 2.05) is 0 Å². The Labute approximate surface area is 221 Å². The number of rotatable bonds is 2. The molecule has 2 aromatic heterocycles. The Morgan fingerprint density at radius 1 is 0.711 bits per heavy atom. The van der Waals surface area contributed by atoms with E-state index in [-0.39, 0.29) is 6.71 Å². The Morgan fingerprint density at radius 2 is 1.50 bits per heavy atom. The number of nitrogens with zero attached hydrogens (tertiary/aromatic N) is 3. The molecule has 0 bridgehead atoms. The van der Waals surface area contributed by atoms with Gasteiger partial charge in [0.05, 0.1) is 22.1 Å². The number of hydrogen-bond donors (Lipinski definition) is 0. The summed E-state index contributed by atoms with van der Waals surface area (Å²) in [6, 6.07) is 29.4. The van der Waals surface area contributed by atoms with Gasteiger partial charge in [-0.1, -0.05) is 76.8 Å². The van der Waals surface area contributed by atoms with E-state index in [4.69, 9.17) is 4.98 Å². The molecule has 38 heavy (non-hydrogen) atoms. The summed E-state index contributed by atoms with van der Waals surface area (Å²) in [4.78, 5) is 5.33. The van der Waals surface area contributed by atoms with Gasteiger partial charge >= 0.3 is 0 Å². The predicted molar refractivity (Wildman–Crippen MR) is 160 cm³/mol. The van der Waals surface area contributed by atoms with Crippen LogP contribution in [0.1, 0.15) is 27.8 Å². The molecule has 1 aliphatic carbocycles. The molecule has 180 valence electrons. The van der Waals surface area contributed by atoms with Gasteiger partial charge in [0.15, 0.2) is 0 Å². The molecule has 5 aromatic carbocycles. The fourth-order valence-electron chi connectivity index (χ4n) is 7.84. The molecule has 9 rings (SSSR count). The molecule has 0 amide bonds. The Morgan fingerprint density at radius 3 is 2.32 bits per heavy atom. The van der Waals surface area contributed by atoms with Gasteiger partial charge in [-0.3, -0.25) is 8.97 Å². The molecule has 7 aromatic rings. The molecule has 3 heterocycles. The SMILES string of the molecule is Cc1cc(C)c(B2c3cccc4nc5n(-c6ccccc6)c6ccc7c8c(cc2c(c86)n5c34)CC7)c(C)c1. The van der Waals surface area contributed by atoms with Gasteiger partial charge in [-0.2, -0.15) is 0 Å². The maximum absolute atomic E-state index is 5.33. The van der Waals surface area contributed by atoms with Crippen molar-refractivity contribution in [2.75, 3.05) is 0 Å². The monoisotopic (exact) mass is 487 g/mol. The van der Waals surface area contributed by atoms with Crippen molar-refractivity contribution in [2.45, 2.75) is 33.6 Å². The third-order valence-corrected chi connectivity index (χ3v) is 9.11.